The number of aliphatic hydroxyl groups is 4. The van der Waals surface area contributed by atoms with Gasteiger partial charge in [-0.25, -0.2) is 0 Å². The summed E-state index contributed by atoms with van der Waals surface area (Å²) in [4.78, 5) is 39.5. The van der Waals surface area contributed by atoms with Crippen LogP contribution in [-0.4, -0.2) is 121 Å². The molecule has 0 aromatic heterocycles. The lowest BCUT2D eigenvalue weighted by Gasteiger charge is -2.62. The summed E-state index contributed by atoms with van der Waals surface area (Å²) in [6, 6.07) is 34.8. The summed E-state index contributed by atoms with van der Waals surface area (Å²) in [5, 5.41) is 68.0. The monoisotopic (exact) mass is 1210 g/mol. The van der Waals surface area contributed by atoms with Crippen LogP contribution in [0.4, 0.5) is 0 Å². The summed E-state index contributed by atoms with van der Waals surface area (Å²) in [5.41, 5.74) is 5.86. The zero-order valence-corrected chi connectivity index (χ0v) is 49.9. The molecule has 2 amide bonds. The fourth-order valence-corrected chi connectivity index (χ4v) is 14.9. The Morgan fingerprint density at radius 1 is 0.625 bits per heavy atom. The number of hydrogen-bond donors (Lipinski definition) is 8. The number of carbonyl (C=O) groups excluding carboxylic acids is 2. The molecule has 80 heavy (non-hydrogen) atoms. The molecule has 2 saturated heterocycles. The van der Waals surface area contributed by atoms with Crippen molar-refractivity contribution in [2.75, 3.05) is 13.2 Å². The molecule has 4 bridgehead atoms. The van der Waals surface area contributed by atoms with Crippen LogP contribution in [0.1, 0.15) is 109 Å². The van der Waals surface area contributed by atoms with Gasteiger partial charge in [0.15, 0.2) is 0 Å². The van der Waals surface area contributed by atoms with Crippen LogP contribution in [0.2, 0.25) is 0 Å². The van der Waals surface area contributed by atoms with E-state index in [1.807, 2.05) is 84.9 Å². The maximum absolute atomic E-state index is 13.8. The quantitative estimate of drug-likeness (QED) is 0.0304. The molecular formula is C64H86BIN4O10. The minimum atomic E-state index is -1.37. The molecule has 4 aromatic carbocycles. The molecule has 0 unspecified atom stereocenters. The summed E-state index contributed by atoms with van der Waals surface area (Å²) in [7, 11) is -1.37. The predicted octanol–water partition coefficient (Wildman–Crippen LogP) is 8.18. The van der Waals surface area contributed by atoms with Crippen molar-refractivity contribution in [2.24, 2.45) is 58.2 Å². The minimum Gasteiger partial charge on any atom is -0.424 e. The number of fused-ring (bicyclic) bond motifs is 4. The van der Waals surface area contributed by atoms with Crippen molar-refractivity contribution in [3.05, 3.63) is 147 Å². The number of aliphatic hydroxyl groups excluding tert-OH is 4. The Kier molecular flexibility index (Phi) is 20.8. The smallest absolute Gasteiger partial charge is 0.424 e. The molecule has 0 radical (unpaired) electrons. The third kappa shape index (κ3) is 14.2. The molecule has 16 atom stereocenters. The molecule has 8 N–H and O–H groups in total. The first-order valence-electron chi connectivity index (χ1n) is 28.8. The summed E-state index contributed by atoms with van der Waals surface area (Å²) in [6.07, 6.45) is 7.49. The average Bonchev–Trinajstić information content (AvgIpc) is 4.00. The molecule has 432 valence electrons. The van der Waals surface area contributed by atoms with E-state index in [1.165, 1.54) is 18.8 Å². The normalized spacial score (nSPS) is 31.8. The number of nitrogens with zero attached hydrogens (tertiary/aromatic N) is 2. The van der Waals surface area contributed by atoms with Gasteiger partial charge in [-0.3, -0.25) is 19.3 Å². The summed E-state index contributed by atoms with van der Waals surface area (Å²) >= 11 is 2.27. The maximum Gasteiger partial charge on any atom is 0.480 e. The number of amides is 2. The Morgan fingerprint density at radius 3 is 1.44 bits per heavy atom. The standard InChI is InChI=1S/C32H42N2O4.C24H35IN2O4.C8H9BO2/c1-20-26-16-25(32(26,3)4)17-27(20)33-31(37)30-29(21(2)36)28(19-35)38-34(30)18-24-12-8-11-23(15-24)14-13-22-9-6-5-7-10-22;1-13-18-9-16(24(18,3)4)10-19(13)26-23(30)22-21(14(2)29)20(12-28)31-27(22)11-15-6-5-7-17(25)8-15;10-9(11)7-6-8-4-2-1-3-5-8/h5-15,20-21,25-30,35-36H,16-19H2,1-4H3,(H,33,37);5-8,13-14,16,18-22,28-29H,9-12H2,1-4H3,(H,26,30);1-7,10-11H/b14-13+;;7-6-/t20-,21-,25+,26-,27-,28-,29+,30-;13-,14-,16+,18-,19-,20-,21+,22-;/m00./s1. The van der Waals surface area contributed by atoms with Crippen molar-refractivity contribution in [1.29, 1.82) is 0 Å². The van der Waals surface area contributed by atoms with Crippen molar-refractivity contribution in [2.45, 2.75) is 143 Å². The number of hydroxylamine groups is 4. The van der Waals surface area contributed by atoms with E-state index in [2.05, 4.69) is 111 Å². The number of halogens is 1. The van der Waals surface area contributed by atoms with Crippen LogP contribution < -0.4 is 10.6 Å². The molecule has 6 aliphatic carbocycles. The van der Waals surface area contributed by atoms with E-state index >= 15 is 0 Å². The van der Waals surface area contributed by atoms with E-state index < -0.39 is 55.5 Å². The van der Waals surface area contributed by atoms with Crippen LogP contribution in [0.3, 0.4) is 0 Å². The Labute approximate surface area is 488 Å². The zero-order valence-electron chi connectivity index (χ0n) is 47.8. The third-order valence-electron chi connectivity index (χ3n) is 19.2. The molecule has 2 heterocycles. The van der Waals surface area contributed by atoms with Crippen LogP contribution in [0.25, 0.3) is 18.2 Å². The van der Waals surface area contributed by atoms with Gasteiger partial charge < -0.3 is 41.1 Å². The van der Waals surface area contributed by atoms with Gasteiger partial charge in [-0.15, -0.1) is 0 Å². The molecule has 4 aromatic rings. The minimum absolute atomic E-state index is 0.108. The Bertz CT molecular complexity index is 2730. The number of carbonyl (C=O) groups is 2. The number of benzene rings is 4. The fraction of sp³-hybridized carbons (Fsp3) is 0.531. The number of hydrogen-bond acceptors (Lipinski definition) is 12. The summed E-state index contributed by atoms with van der Waals surface area (Å²) in [5.74, 6) is 3.44. The first-order chi connectivity index (χ1) is 38.1. The van der Waals surface area contributed by atoms with Gasteiger partial charge in [0.2, 0.25) is 11.8 Å². The molecular weight excluding hydrogens is 1120 g/mol. The Hall–Kier alpha value is -4.31. The molecule has 8 fully saturated rings. The molecule has 6 saturated carbocycles. The van der Waals surface area contributed by atoms with Crippen molar-refractivity contribution in [3.63, 3.8) is 0 Å². The molecule has 12 rings (SSSR count). The molecule has 2 aliphatic heterocycles. The van der Waals surface area contributed by atoms with Crippen LogP contribution in [-0.2, 0) is 32.4 Å². The van der Waals surface area contributed by atoms with Gasteiger partial charge >= 0.3 is 7.12 Å². The topological polar surface area (TPSA) is 205 Å². The fourth-order valence-electron chi connectivity index (χ4n) is 14.3. The predicted molar refractivity (Wildman–Crippen MR) is 322 cm³/mol. The highest BCUT2D eigenvalue weighted by Gasteiger charge is 2.59. The molecule has 8 aliphatic rings. The van der Waals surface area contributed by atoms with Gasteiger partial charge in [0.1, 0.15) is 24.3 Å². The molecule has 14 nitrogen and oxygen atoms in total. The first kappa shape index (κ1) is 61.8. The molecule has 16 heteroatoms. The lowest BCUT2D eigenvalue weighted by molar-refractivity contribution is -0.183. The van der Waals surface area contributed by atoms with Gasteiger partial charge in [0, 0.05) is 27.5 Å². The highest BCUT2D eigenvalue weighted by Crippen LogP contribution is 2.62. The van der Waals surface area contributed by atoms with Crippen LogP contribution >= 0.6 is 22.6 Å². The van der Waals surface area contributed by atoms with Crippen molar-refractivity contribution in [3.8, 4) is 0 Å². The van der Waals surface area contributed by atoms with Gasteiger partial charge in [-0.2, -0.15) is 10.1 Å². The van der Waals surface area contributed by atoms with E-state index in [-0.39, 0.29) is 37.1 Å². The zero-order chi connectivity index (χ0) is 57.6. The lowest BCUT2D eigenvalue weighted by Crippen LogP contribution is -2.62. The van der Waals surface area contributed by atoms with Crippen molar-refractivity contribution in [1.82, 2.24) is 20.8 Å². The summed E-state index contributed by atoms with van der Waals surface area (Å²) < 4.78 is 1.11. The number of nitrogens with one attached hydrogen (secondary N) is 2. The highest BCUT2D eigenvalue weighted by molar-refractivity contribution is 14.1. The van der Waals surface area contributed by atoms with Gasteiger partial charge in [-0.05, 0) is 148 Å². The summed E-state index contributed by atoms with van der Waals surface area (Å²) in [6.45, 7) is 17.6. The Balaban J connectivity index is 0.000000179. The SMILES string of the molecule is C[C@@H]1[C@@H](NC(=O)[C@@H]2[C@H]([C@H](C)O)[C@H](CO)ON2Cc2cccc(/C=C/c3ccccc3)c2)C[C@H]2C[C@@H]1C2(C)C.C[C@@H]1[C@@H](NC(=O)[C@@H]2[C@H]([C@H](C)O)[C@H](CO)ON2Cc2cccc(I)c2)C[C@H]2C[C@@H]1C2(C)C.OB(O)/C=C\c1ccccc1. The number of rotatable bonds is 16. The van der Waals surface area contributed by atoms with Crippen molar-refractivity contribution < 1.29 is 49.7 Å². The van der Waals surface area contributed by atoms with Gasteiger partial charge in [0.05, 0.1) is 38.5 Å². The van der Waals surface area contributed by atoms with Crippen LogP contribution in [0.5, 0.6) is 0 Å². The average molecular weight is 1210 g/mol. The highest BCUT2D eigenvalue weighted by atomic mass is 127. The largest absolute Gasteiger partial charge is 0.480 e. The van der Waals surface area contributed by atoms with Gasteiger partial charge in [0.25, 0.3) is 0 Å². The van der Waals surface area contributed by atoms with E-state index in [9.17, 15) is 30.0 Å². The van der Waals surface area contributed by atoms with Gasteiger partial charge in [-0.1, -0.05) is 163 Å². The second kappa shape index (κ2) is 26.9. The second-order valence-electron chi connectivity index (χ2n) is 24.8. The van der Waals surface area contributed by atoms with Crippen LogP contribution in [0, 0.1) is 61.7 Å². The maximum atomic E-state index is 13.8. The Morgan fingerprint density at radius 2 is 1.04 bits per heavy atom. The van der Waals surface area contributed by atoms with E-state index in [1.54, 1.807) is 30.0 Å². The van der Waals surface area contributed by atoms with Crippen molar-refractivity contribution >= 4 is 59.8 Å². The second-order valence-corrected chi connectivity index (χ2v) is 26.0. The first-order valence-corrected chi connectivity index (χ1v) is 29.9. The van der Waals surface area contributed by atoms with E-state index in [0.717, 1.165) is 44.2 Å². The van der Waals surface area contributed by atoms with E-state index in [0.29, 0.717) is 59.4 Å². The third-order valence-corrected chi connectivity index (χ3v) is 19.8. The van der Waals surface area contributed by atoms with E-state index in [4.69, 9.17) is 19.7 Å². The lowest BCUT2D eigenvalue weighted by atomic mass is 9.45. The molecule has 0 spiro atoms. The van der Waals surface area contributed by atoms with Crippen LogP contribution in [0.15, 0.2) is 115 Å².